The van der Waals surface area contributed by atoms with Crippen LogP contribution in [0.3, 0.4) is 0 Å². The number of rotatable bonds is 9. The molecule has 2 rings (SSSR count). The van der Waals surface area contributed by atoms with Crippen LogP contribution >= 0.6 is 0 Å². The molecule has 118 valence electrons. The minimum atomic E-state index is 0.816. The van der Waals surface area contributed by atoms with Crippen molar-refractivity contribution in [3.8, 4) is 0 Å². The van der Waals surface area contributed by atoms with Gasteiger partial charge in [-0.2, -0.15) is 0 Å². The van der Waals surface area contributed by atoms with Gasteiger partial charge in [-0.05, 0) is 50.3 Å². The molecule has 0 amide bonds. The molecule has 0 spiro atoms. The van der Waals surface area contributed by atoms with E-state index in [0.29, 0.717) is 0 Å². The van der Waals surface area contributed by atoms with Gasteiger partial charge < -0.3 is 10.2 Å². The van der Waals surface area contributed by atoms with Crippen molar-refractivity contribution in [3.63, 3.8) is 0 Å². The first-order valence-corrected chi connectivity index (χ1v) is 8.78. The molecule has 0 heterocycles. The molecular weight excluding hydrogens is 256 g/mol. The molecule has 1 aliphatic rings. The van der Waals surface area contributed by atoms with E-state index in [1.807, 2.05) is 0 Å². The van der Waals surface area contributed by atoms with E-state index in [-0.39, 0.29) is 0 Å². The molecule has 0 saturated heterocycles. The van der Waals surface area contributed by atoms with Crippen LogP contribution in [0.4, 0.5) is 5.69 Å². The normalized spacial score (nSPS) is 16.0. The summed E-state index contributed by atoms with van der Waals surface area (Å²) in [6.45, 7) is 8.29. The molecule has 2 nitrogen and oxygen atoms in total. The number of anilines is 1. The third kappa shape index (κ3) is 6.09. The summed E-state index contributed by atoms with van der Waals surface area (Å²) in [5.74, 6) is 0.816. The number of para-hydroxylation sites is 1. The molecule has 0 aromatic heterocycles. The topological polar surface area (TPSA) is 15.3 Å². The largest absolute Gasteiger partial charge is 0.385 e. The van der Waals surface area contributed by atoms with Crippen LogP contribution in [0.25, 0.3) is 0 Å². The molecule has 0 unspecified atom stereocenters. The molecule has 1 aliphatic carbocycles. The summed E-state index contributed by atoms with van der Waals surface area (Å²) in [5, 5.41) is 3.53. The lowest BCUT2D eigenvalue weighted by Crippen LogP contribution is -2.36. The second-order valence-corrected chi connectivity index (χ2v) is 6.80. The smallest absolute Gasteiger partial charge is 0.0340 e. The van der Waals surface area contributed by atoms with E-state index >= 15 is 0 Å². The van der Waals surface area contributed by atoms with Crippen LogP contribution in [-0.2, 0) is 0 Å². The average Bonchev–Trinajstić information content (AvgIpc) is 3.01. The molecule has 1 N–H and O–H groups in total. The second-order valence-electron chi connectivity index (χ2n) is 6.80. The Morgan fingerprint density at radius 2 is 1.81 bits per heavy atom. The highest BCUT2D eigenvalue weighted by atomic mass is 15.2. The second kappa shape index (κ2) is 9.09. The van der Waals surface area contributed by atoms with Gasteiger partial charge in [0, 0.05) is 24.8 Å². The third-order valence-corrected chi connectivity index (χ3v) is 4.56. The Morgan fingerprint density at radius 3 is 2.48 bits per heavy atom. The van der Waals surface area contributed by atoms with Gasteiger partial charge in [0.05, 0.1) is 0 Å². The van der Waals surface area contributed by atoms with Crippen LogP contribution in [0.1, 0.15) is 52.4 Å². The van der Waals surface area contributed by atoms with Crippen molar-refractivity contribution >= 4 is 5.69 Å². The lowest BCUT2D eigenvalue weighted by atomic mass is 10.1. The van der Waals surface area contributed by atoms with Gasteiger partial charge in [-0.1, -0.05) is 44.9 Å². The summed E-state index contributed by atoms with van der Waals surface area (Å²) >= 11 is 0. The van der Waals surface area contributed by atoms with Crippen LogP contribution in [0.2, 0.25) is 0 Å². The van der Waals surface area contributed by atoms with Crippen molar-refractivity contribution in [3.05, 3.63) is 30.3 Å². The Morgan fingerprint density at radius 1 is 1.10 bits per heavy atom. The third-order valence-electron chi connectivity index (χ3n) is 4.56. The minimum absolute atomic E-state index is 0.816. The van der Waals surface area contributed by atoms with Gasteiger partial charge >= 0.3 is 0 Å². The molecule has 21 heavy (non-hydrogen) atoms. The van der Waals surface area contributed by atoms with Gasteiger partial charge in [-0.15, -0.1) is 0 Å². The summed E-state index contributed by atoms with van der Waals surface area (Å²) in [6.07, 6.45) is 8.29. The first kappa shape index (κ1) is 16.4. The molecule has 2 heteroatoms. The van der Waals surface area contributed by atoms with Gasteiger partial charge in [-0.3, -0.25) is 0 Å². The molecule has 0 atom stereocenters. The number of benzene rings is 1. The molecule has 1 aromatic rings. The van der Waals surface area contributed by atoms with E-state index < -0.39 is 0 Å². The highest BCUT2D eigenvalue weighted by molar-refractivity contribution is 5.42. The fraction of sp³-hybridized carbons (Fsp3) is 0.684. The van der Waals surface area contributed by atoms with Crippen LogP contribution in [0.5, 0.6) is 0 Å². The van der Waals surface area contributed by atoms with Crippen LogP contribution in [-0.4, -0.2) is 30.6 Å². The molecule has 0 radical (unpaired) electrons. The standard InChI is InChI=1S/C19H32N2/c1-17(2)13-16-21(19-11-6-7-12-19)15-8-14-20-18-9-4-3-5-10-18/h3-5,9-10,17,19-20H,6-8,11-16H2,1-2H3. The Bertz CT molecular complexity index is 368. The fourth-order valence-electron chi connectivity index (χ4n) is 3.24. The number of hydrogen-bond donors (Lipinski definition) is 1. The maximum atomic E-state index is 3.53. The summed E-state index contributed by atoms with van der Waals surface area (Å²) in [5.41, 5.74) is 1.24. The predicted molar refractivity (Wildman–Crippen MR) is 92.8 cm³/mol. The quantitative estimate of drug-likeness (QED) is 0.658. The Hall–Kier alpha value is -1.02. The van der Waals surface area contributed by atoms with Crippen LogP contribution < -0.4 is 5.32 Å². The van der Waals surface area contributed by atoms with Crippen molar-refractivity contribution < 1.29 is 0 Å². The fourth-order valence-corrected chi connectivity index (χ4v) is 3.24. The van der Waals surface area contributed by atoms with E-state index in [9.17, 15) is 0 Å². The first-order valence-electron chi connectivity index (χ1n) is 8.78. The highest BCUT2D eigenvalue weighted by Crippen LogP contribution is 2.24. The molecule has 1 aromatic carbocycles. The summed E-state index contributed by atoms with van der Waals surface area (Å²) in [4.78, 5) is 2.76. The van der Waals surface area contributed by atoms with Crippen molar-refractivity contribution in [1.29, 1.82) is 0 Å². The Kier molecular flexibility index (Phi) is 7.08. The zero-order valence-corrected chi connectivity index (χ0v) is 13.9. The van der Waals surface area contributed by atoms with Crippen LogP contribution in [0.15, 0.2) is 30.3 Å². The van der Waals surface area contributed by atoms with Crippen molar-refractivity contribution in [1.82, 2.24) is 4.90 Å². The summed E-state index contributed by atoms with van der Waals surface area (Å²) in [6, 6.07) is 11.4. The predicted octanol–water partition coefficient (Wildman–Crippen LogP) is 4.78. The molecule has 1 saturated carbocycles. The zero-order chi connectivity index (χ0) is 14.9. The van der Waals surface area contributed by atoms with E-state index in [1.54, 1.807) is 0 Å². The minimum Gasteiger partial charge on any atom is -0.385 e. The van der Waals surface area contributed by atoms with Gasteiger partial charge in [-0.25, -0.2) is 0 Å². The number of nitrogens with zero attached hydrogens (tertiary/aromatic N) is 1. The van der Waals surface area contributed by atoms with Crippen molar-refractivity contribution in [2.45, 2.75) is 58.4 Å². The van der Waals surface area contributed by atoms with E-state index in [1.165, 1.54) is 57.3 Å². The first-order chi connectivity index (χ1) is 10.3. The van der Waals surface area contributed by atoms with E-state index in [4.69, 9.17) is 0 Å². The average molecular weight is 288 g/mol. The maximum Gasteiger partial charge on any atom is 0.0340 e. The Balaban J connectivity index is 1.70. The van der Waals surface area contributed by atoms with Crippen molar-refractivity contribution in [2.24, 2.45) is 5.92 Å². The van der Waals surface area contributed by atoms with Crippen LogP contribution in [0, 0.1) is 5.92 Å². The molecule has 0 bridgehead atoms. The molecule has 1 fully saturated rings. The SMILES string of the molecule is CC(C)CCN(CCCNc1ccccc1)C1CCCC1. The highest BCUT2D eigenvalue weighted by Gasteiger charge is 2.21. The molecule has 0 aliphatic heterocycles. The van der Waals surface area contributed by atoms with Gasteiger partial charge in [0.25, 0.3) is 0 Å². The van der Waals surface area contributed by atoms with Crippen molar-refractivity contribution in [2.75, 3.05) is 25.0 Å². The number of nitrogens with one attached hydrogen (secondary N) is 1. The molecular formula is C19H32N2. The van der Waals surface area contributed by atoms with Gasteiger partial charge in [0.15, 0.2) is 0 Å². The van der Waals surface area contributed by atoms with E-state index in [0.717, 1.165) is 18.5 Å². The Labute approximate surface area is 130 Å². The lowest BCUT2D eigenvalue weighted by molar-refractivity contribution is 0.187. The maximum absolute atomic E-state index is 3.53. The number of hydrogen-bond acceptors (Lipinski definition) is 2. The monoisotopic (exact) mass is 288 g/mol. The van der Waals surface area contributed by atoms with Gasteiger partial charge in [0.1, 0.15) is 0 Å². The zero-order valence-electron chi connectivity index (χ0n) is 13.9. The summed E-state index contributed by atoms with van der Waals surface area (Å²) < 4.78 is 0. The lowest BCUT2D eigenvalue weighted by Gasteiger charge is -2.29. The summed E-state index contributed by atoms with van der Waals surface area (Å²) in [7, 11) is 0. The van der Waals surface area contributed by atoms with E-state index in [2.05, 4.69) is 54.4 Å². The van der Waals surface area contributed by atoms with Gasteiger partial charge in [0.2, 0.25) is 0 Å².